The Balaban J connectivity index is 2.82. The fourth-order valence-electron chi connectivity index (χ4n) is 1.68. The Bertz CT molecular complexity index is 258. The van der Waals surface area contributed by atoms with Crippen LogP contribution in [0.15, 0.2) is 35.5 Å². The fraction of sp³-hybridized carbons (Fsp3) is 0.538. The van der Waals surface area contributed by atoms with Gasteiger partial charge in [-0.25, -0.2) is 0 Å². The van der Waals surface area contributed by atoms with Crippen molar-refractivity contribution in [3.8, 4) is 0 Å². The van der Waals surface area contributed by atoms with Crippen LogP contribution in [-0.2, 0) is 0 Å². The average molecular weight is 191 g/mol. The molecule has 78 valence electrons. The summed E-state index contributed by atoms with van der Waals surface area (Å²) in [5, 5.41) is 0. The zero-order chi connectivity index (χ0) is 10.4. The normalized spacial score (nSPS) is 24.5. The monoisotopic (exact) mass is 191 g/mol. The van der Waals surface area contributed by atoms with Gasteiger partial charge in [0.05, 0.1) is 0 Å². The van der Waals surface area contributed by atoms with Crippen LogP contribution in [0.5, 0.6) is 0 Å². The second-order valence-electron chi connectivity index (χ2n) is 3.77. The van der Waals surface area contributed by atoms with Crippen molar-refractivity contribution in [3.63, 3.8) is 0 Å². The molecule has 1 atom stereocenters. The standard InChI is InChI=1S/C13H21N/c1-3-7-11-8-5-6-9-12(11)10-13(14)4-2/h6-7,9-10,13H,3-5,8,14H2,1-2H3/b11-7-,12-10-. The summed E-state index contributed by atoms with van der Waals surface area (Å²) in [4.78, 5) is 0. The number of hydrogen-bond donors (Lipinski definition) is 1. The molecule has 0 spiro atoms. The third-order valence-electron chi connectivity index (χ3n) is 2.56. The van der Waals surface area contributed by atoms with Gasteiger partial charge in [-0.3, -0.25) is 0 Å². The summed E-state index contributed by atoms with van der Waals surface area (Å²) in [6, 6.07) is 0.202. The van der Waals surface area contributed by atoms with Gasteiger partial charge in [0.15, 0.2) is 0 Å². The fourth-order valence-corrected chi connectivity index (χ4v) is 1.68. The lowest BCUT2D eigenvalue weighted by Gasteiger charge is -2.14. The van der Waals surface area contributed by atoms with E-state index in [2.05, 4.69) is 38.2 Å². The van der Waals surface area contributed by atoms with Gasteiger partial charge in [-0.15, -0.1) is 0 Å². The summed E-state index contributed by atoms with van der Waals surface area (Å²) in [5.74, 6) is 0. The first-order chi connectivity index (χ1) is 6.77. The van der Waals surface area contributed by atoms with Crippen molar-refractivity contribution in [1.82, 2.24) is 0 Å². The van der Waals surface area contributed by atoms with Crippen molar-refractivity contribution in [2.75, 3.05) is 0 Å². The van der Waals surface area contributed by atoms with Gasteiger partial charge >= 0.3 is 0 Å². The first-order valence-corrected chi connectivity index (χ1v) is 5.61. The highest BCUT2D eigenvalue weighted by atomic mass is 14.6. The Hall–Kier alpha value is -0.820. The van der Waals surface area contributed by atoms with E-state index in [0.29, 0.717) is 0 Å². The number of nitrogens with two attached hydrogens (primary N) is 1. The summed E-state index contributed by atoms with van der Waals surface area (Å²) in [6.07, 6.45) is 13.4. The van der Waals surface area contributed by atoms with Crippen molar-refractivity contribution < 1.29 is 0 Å². The lowest BCUT2D eigenvalue weighted by molar-refractivity contribution is 0.775. The largest absolute Gasteiger partial charge is 0.324 e. The van der Waals surface area contributed by atoms with Gasteiger partial charge in [-0.2, -0.15) is 0 Å². The van der Waals surface area contributed by atoms with Crippen molar-refractivity contribution in [2.24, 2.45) is 5.73 Å². The highest BCUT2D eigenvalue weighted by Gasteiger charge is 2.07. The summed E-state index contributed by atoms with van der Waals surface area (Å²) < 4.78 is 0. The van der Waals surface area contributed by atoms with Gasteiger partial charge < -0.3 is 5.73 Å². The van der Waals surface area contributed by atoms with E-state index in [-0.39, 0.29) is 6.04 Å². The SMILES string of the molecule is CC/C=C1/CCC=C/C1=C/C(N)CC. The molecule has 0 aliphatic heterocycles. The van der Waals surface area contributed by atoms with E-state index in [9.17, 15) is 0 Å². The summed E-state index contributed by atoms with van der Waals surface area (Å²) >= 11 is 0. The summed E-state index contributed by atoms with van der Waals surface area (Å²) in [5.41, 5.74) is 8.74. The first-order valence-electron chi connectivity index (χ1n) is 5.61. The number of hydrogen-bond acceptors (Lipinski definition) is 1. The third kappa shape index (κ3) is 3.15. The molecular formula is C13H21N. The van der Waals surface area contributed by atoms with Gasteiger partial charge in [0.2, 0.25) is 0 Å². The van der Waals surface area contributed by atoms with Crippen molar-refractivity contribution >= 4 is 0 Å². The quantitative estimate of drug-likeness (QED) is 0.727. The molecule has 1 nitrogen and oxygen atoms in total. The number of rotatable bonds is 3. The molecule has 1 unspecified atom stereocenters. The average Bonchev–Trinajstić information content (AvgIpc) is 2.21. The molecule has 0 aromatic carbocycles. The maximum Gasteiger partial charge on any atom is 0.0229 e. The van der Waals surface area contributed by atoms with Crippen LogP contribution >= 0.6 is 0 Å². The molecule has 0 aromatic heterocycles. The molecule has 2 N–H and O–H groups in total. The zero-order valence-electron chi connectivity index (χ0n) is 9.29. The molecule has 0 saturated heterocycles. The van der Waals surface area contributed by atoms with Crippen LogP contribution in [0.25, 0.3) is 0 Å². The third-order valence-corrected chi connectivity index (χ3v) is 2.56. The number of allylic oxidation sites excluding steroid dienone is 5. The van der Waals surface area contributed by atoms with Crippen LogP contribution in [0.3, 0.4) is 0 Å². The maximum atomic E-state index is 5.92. The molecule has 1 heteroatoms. The lowest BCUT2D eigenvalue weighted by Crippen LogP contribution is -2.16. The van der Waals surface area contributed by atoms with Gasteiger partial charge in [0, 0.05) is 6.04 Å². The predicted octanol–water partition coefficient (Wildman–Crippen LogP) is 3.34. The van der Waals surface area contributed by atoms with Crippen molar-refractivity contribution in [3.05, 3.63) is 35.5 Å². The molecule has 1 aliphatic rings. The molecule has 14 heavy (non-hydrogen) atoms. The van der Waals surface area contributed by atoms with E-state index in [1.807, 2.05) is 0 Å². The molecule has 0 aromatic rings. The first kappa shape index (κ1) is 11.3. The van der Waals surface area contributed by atoms with E-state index in [1.54, 1.807) is 0 Å². The highest BCUT2D eigenvalue weighted by Crippen LogP contribution is 2.24. The van der Waals surface area contributed by atoms with E-state index < -0.39 is 0 Å². The predicted molar refractivity (Wildman–Crippen MR) is 63.1 cm³/mol. The summed E-state index contributed by atoms with van der Waals surface area (Å²) in [7, 11) is 0. The van der Waals surface area contributed by atoms with Gasteiger partial charge in [0.1, 0.15) is 0 Å². The minimum atomic E-state index is 0.202. The van der Waals surface area contributed by atoms with Crippen LogP contribution < -0.4 is 5.73 Å². The Morgan fingerprint density at radius 2 is 2.29 bits per heavy atom. The Labute approximate surface area is 87.4 Å². The maximum absolute atomic E-state index is 5.92. The van der Waals surface area contributed by atoms with Crippen LogP contribution in [0.4, 0.5) is 0 Å². The van der Waals surface area contributed by atoms with Gasteiger partial charge in [-0.05, 0) is 36.8 Å². The summed E-state index contributed by atoms with van der Waals surface area (Å²) in [6.45, 7) is 4.31. The van der Waals surface area contributed by atoms with Crippen molar-refractivity contribution in [1.29, 1.82) is 0 Å². The van der Waals surface area contributed by atoms with Crippen molar-refractivity contribution in [2.45, 2.75) is 45.6 Å². The molecule has 1 rings (SSSR count). The van der Waals surface area contributed by atoms with E-state index in [1.165, 1.54) is 24.0 Å². The minimum Gasteiger partial charge on any atom is -0.324 e. The second-order valence-corrected chi connectivity index (χ2v) is 3.77. The molecular weight excluding hydrogens is 170 g/mol. The molecule has 0 fully saturated rings. The Morgan fingerprint density at radius 3 is 2.93 bits per heavy atom. The smallest absolute Gasteiger partial charge is 0.0229 e. The molecule has 0 radical (unpaired) electrons. The molecule has 0 saturated carbocycles. The van der Waals surface area contributed by atoms with Crippen LogP contribution in [0.1, 0.15) is 39.5 Å². The van der Waals surface area contributed by atoms with Crippen LogP contribution in [0, 0.1) is 0 Å². The zero-order valence-corrected chi connectivity index (χ0v) is 9.29. The molecule has 0 heterocycles. The van der Waals surface area contributed by atoms with E-state index in [4.69, 9.17) is 5.73 Å². The Morgan fingerprint density at radius 1 is 1.50 bits per heavy atom. The van der Waals surface area contributed by atoms with Crippen LogP contribution in [0.2, 0.25) is 0 Å². The van der Waals surface area contributed by atoms with Gasteiger partial charge in [-0.1, -0.05) is 38.2 Å². The molecule has 1 aliphatic carbocycles. The highest BCUT2D eigenvalue weighted by molar-refractivity contribution is 5.43. The van der Waals surface area contributed by atoms with Gasteiger partial charge in [0.25, 0.3) is 0 Å². The van der Waals surface area contributed by atoms with E-state index in [0.717, 1.165) is 12.8 Å². The topological polar surface area (TPSA) is 26.0 Å². The van der Waals surface area contributed by atoms with E-state index >= 15 is 0 Å². The molecule has 0 bridgehead atoms. The Kier molecular flexibility index (Phi) is 4.68. The van der Waals surface area contributed by atoms with Crippen LogP contribution in [-0.4, -0.2) is 6.04 Å². The second kappa shape index (κ2) is 5.82. The lowest BCUT2D eigenvalue weighted by atomic mass is 9.93. The molecule has 0 amide bonds. The minimum absolute atomic E-state index is 0.202.